The summed E-state index contributed by atoms with van der Waals surface area (Å²) in [6.07, 6.45) is 0.627. The smallest absolute Gasteiger partial charge is 0.326 e. The molecule has 6 amide bonds. The Hall–Kier alpha value is -7.11. The number of carbonyl (C=O) groups excluding carboxylic acids is 6. The first-order valence-corrected chi connectivity index (χ1v) is 20.7. The van der Waals surface area contributed by atoms with Crippen molar-refractivity contribution in [3.8, 4) is 0 Å². The number of nitrogens with two attached hydrogens (primary N) is 3. The third-order valence-electron chi connectivity index (χ3n) is 9.91. The number of carbonyl (C=O) groups is 8. The van der Waals surface area contributed by atoms with Gasteiger partial charge in [-0.1, -0.05) is 62.4 Å². The highest BCUT2D eigenvalue weighted by Crippen LogP contribution is 2.20. The molecule has 0 saturated carbocycles. The number of benzene rings is 2. The number of aliphatic hydroxyl groups is 2. The van der Waals surface area contributed by atoms with Crippen molar-refractivity contribution in [1.29, 1.82) is 0 Å². The maximum atomic E-state index is 14.1. The maximum Gasteiger partial charge on any atom is 0.326 e. The largest absolute Gasteiger partial charge is 0.481 e. The number of amides is 6. The van der Waals surface area contributed by atoms with Crippen LogP contribution in [0.4, 0.5) is 0 Å². The van der Waals surface area contributed by atoms with Gasteiger partial charge in [0.25, 0.3) is 0 Å². The average Bonchev–Trinajstić information content (AvgIpc) is 3.66. The number of nitrogens with zero attached hydrogens (tertiary/aromatic N) is 1. The van der Waals surface area contributed by atoms with Gasteiger partial charge >= 0.3 is 11.9 Å². The molecule has 354 valence electrons. The summed E-state index contributed by atoms with van der Waals surface area (Å²) in [5.41, 5.74) is 18.4. The second-order valence-electron chi connectivity index (χ2n) is 15.6. The number of fused-ring (bicyclic) bond motifs is 1. The number of carboxylic acids is 2. The van der Waals surface area contributed by atoms with Gasteiger partial charge in [0.1, 0.15) is 36.3 Å². The van der Waals surface area contributed by atoms with Crippen LogP contribution in [0.25, 0.3) is 10.9 Å². The number of aromatic nitrogens is 1. The van der Waals surface area contributed by atoms with E-state index in [0.29, 0.717) is 11.1 Å². The molecular formula is C42H59N11O12. The lowest BCUT2D eigenvalue weighted by Gasteiger charge is -2.27. The first-order valence-electron chi connectivity index (χ1n) is 20.7. The van der Waals surface area contributed by atoms with Crippen molar-refractivity contribution in [3.63, 3.8) is 0 Å². The Kier molecular flexibility index (Phi) is 20.8. The maximum absolute atomic E-state index is 14.1. The highest BCUT2D eigenvalue weighted by molar-refractivity contribution is 5.98. The van der Waals surface area contributed by atoms with E-state index in [4.69, 9.17) is 22.3 Å². The van der Waals surface area contributed by atoms with Gasteiger partial charge < -0.3 is 74.5 Å². The molecule has 23 heteroatoms. The number of aliphatic hydroxyl groups excluding tert-OH is 2. The summed E-state index contributed by atoms with van der Waals surface area (Å²) in [5.74, 6) is -8.97. The molecule has 0 aliphatic heterocycles. The van der Waals surface area contributed by atoms with Crippen LogP contribution in [0.3, 0.4) is 0 Å². The van der Waals surface area contributed by atoms with E-state index in [-0.39, 0.29) is 50.5 Å². The van der Waals surface area contributed by atoms with Crippen LogP contribution in [0.1, 0.15) is 50.7 Å². The summed E-state index contributed by atoms with van der Waals surface area (Å²) in [5, 5.41) is 54.4. The minimum absolute atomic E-state index is 0.0124. The average molecular weight is 910 g/mol. The summed E-state index contributed by atoms with van der Waals surface area (Å²) < 4.78 is 0. The van der Waals surface area contributed by atoms with Crippen molar-refractivity contribution in [2.75, 3.05) is 19.8 Å². The van der Waals surface area contributed by atoms with Gasteiger partial charge in [0.2, 0.25) is 35.4 Å². The van der Waals surface area contributed by atoms with Crippen molar-refractivity contribution < 1.29 is 58.8 Å². The van der Waals surface area contributed by atoms with Crippen LogP contribution in [-0.4, -0.2) is 141 Å². The Balaban J connectivity index is 1.89. The lowest BCUT2D eigenvalue weighted by Crippen LogP contribution is -2.61. The number of aromatic amines is 1. The van der Waals surface area contributed by atoms with Crippen LogP contribution in [0.5, 0.6) is 0 Å². The van der Waals surface area contributed by atoms with E-state index in [1.807, 2.05) is 0 Å². The summed E-state index contributed by atoms with van der Waals surface area (Å²) in [6.45, 7) is 1.58. The minimum Gasteiger partial charge on any atom is -0.481 e. The Labute approximate surface area is 373 Å². The second-order valence-corrected chi connectivity index (χ2v) is 15.6. The van der Waals surface area contributed by atoms with E-state index in [1.54, 1.807) is 74.6 Å². The number of para-hydroxylation sites is 1. The molecule has 7 atom stereocenters. The molecule has 17 N–H and O–H groups in total. The fraction of sp³-hybridized carbons (Fsp3) is 0.452. The number of hydrogen-bond donors (Lipinski definition) is 14. The van der Waals surface area contributed by atoms with Gasteiger partial charge in [-0.2, -0.15) is 0 Å². The van der Waals surface area contributed by atoms with E-state index >= 15 is 0 Å². The molecule has 0 aliphatic rings. The number of hydrogen-bond acceptors (Lipinski definition) is 12. The quantitative estimate of drug-likeness (QED) is 0.0204. The van der Waals surface area contributed by atoms with Crippen molar-refractivity contribution in [3.05, 3.63) is 71.9 Å². The van der Waals surface area contributed by atoms with Gasteiger partial charge in [0.15, 0.2) is 5.96 Å². The molecule has 0 unspecified atom stereocenters. The summed E-state index contributed by atoms with van der Waals surface area (Å²) in [4.78, 5) is 112. The molecule has 3 rings (SSSR count). The van der Waals surface area contributed by atoms with Crippen molar-refractivity contribution in [1.82, 2.24) is 36.9 Å². The molecule has 1 aromatic heterocycles. The number of carboxylic acid groups (broad SMARTS) is 2. The zero-order valence-electron chi connectivity index (χ0n) is 36.0. The van der Waals surface area contributed by atoms with Crippen LogP contribution in [0.15, 0.2) is 65.8 Å². The SMILES string of the molecule is CC(C)C[C@H](NC(=O)[C@H](Cc1c[nH]c2ccccc12)NC(=O)[C@H](CCCN=C(N)N)NC(=O)[C@H](CO)NC(=O)[C@H](Cc1ccccc1)NC(=O)[C@H](CO)NC(=O)[C@@H](N)CC(=O)O)C(=O)O. The normalized spacial score (nSPS) is 14.3. The van der Waals surface area contributed by atoms with Gasteiger partial charge in [-0.05, 0) is 42.4 Å². The lowest BCUT2D eigenvalue weighted by molar-refractivity contribution is -0.143. The number of rotatable bonds is 27. The van der Waals surface area contributed by atoms with E-state index < -0.39 is 109 Å². The molecule has 0 aliphatic carbocycles. The number of aliphatic imine (C=N–C) groups is 1. The minimum atomic E-state index is -1.74. The third kappa shape index (κ3) is 17.2. The molecule has 0 radical (unpaired) electrons. The molecular weight excluding hydrogens is 851 g/mol. The fourth-order valence-electron chi connectivity index (χ4n) is 6.56. The van der Waals surface area contributed by atoms with Crippen LogP contribution in [0, 0.1) is 5.92 Å². The zero-order chi connectivity index (χ0) is 48.2. The Morgan fingerprint density at radius 1 is 0.646 bits per heavy atom. The Morgan fingerprint density at radius 3 is 1.69 bits per heavy atom. The van der Waals surface area contributed by atoms with Crippen LogP contribution < -0.4 is 49.1 Å². The summed E-state index contributed by atoms with van der Waals surface area (Å²) in [6, 6.07) is 4.83. The van der Waals surface area contributed by atoms with Crippen LogP contribution in [-0.2, 0) is 51.2 Å². The molecule has 0 fully saturated rings. The molecule has 0 bridgehead atoms. The van der Waals surface area contributed by atoms with E-state index in [1.165, 1.54) is 0 Å². The monoisotopic (exact) mass is 909 g/mol. The highest BCUT2D eigenvalue weighted by Gasteiger charge is 2.34. The van der Waals surface area contributed by atoms with Crippen LogP contribution >= 0.6 is 0 Å². The molecule has 3 aromatic rings. The molecule has 0 spiro atoms. The molecule has 23 nitrogen and oxygen atoms in total. The Bertz CT molecular complexity index is 2140. The fourth-order valence-corrected chi connectivity index (χ4v) is 6.56. The van der Waals surface area contributed by atoms with Gasteiger partial charge in [0.05, 0.1) is 25.7 Å². The van der Waals surface area contributed by atoms with Gasteiger partial charge in [0, 0.05) is 36.5 Å². The number of guanidine groups is 1. The van der Waals surface area contributed by atoms with Gasteiger partial charge in [-0.25, -0.2) is 4.79 Å². The van der Waals surface area contributed by atoms with E-state index in [9.17, 15) is 53.7 Å². The first kappa shape index (κ1) is 52.2. The predicted molar refractivity (Wildman–Crippen MR) is 235 cm³/mol. The van der Waals surface area contributed by atoms with E-state index in [0.717, 1.165) is 10.9 Å². The molecule has 1 heterocycles. The number of nitrogens with one attached hydrogen (secondary N) is 7. The predicted octanol–water partition coefficient (Wildman–Crippen LogP) is -3.17. The van der Waals surface area contributed by atoms with Crippen molar-refractivity contribution in [2.24, 2.45) is 28.1 Å². The number of aliphatic carboxylic acids is 2. The van der Waals surface area contributed by atoms with Gasteiger partial charge in [-0.3, -0.25) is 38.6 Å². The standard InChI is InChI=1S/C42H59N11O12/c1-22(2)15-31(41(64)65)51-38(61)30(17-24-19-47-27-12-7-6-11-25(24)27)50-36(59)28(13-8-14-46-42(44)45)48-39(62)33(21-55)53-37(60)29(16-23-9-4-3-5-10-23)49-40(63)32(20-54)52-35(58)26(43)18-34(56)57/h3-7,9-12,19,22,26,28-33,47,54-55H,8,13-18,20-21,43H2,1-2H3,(H,48,62)(H,49,63)(H,50,59)(H,51,61)(H,52,58)(H,53,60)(H,56,57)(H,64,65)(H4,44,45,46)/t26-,28-,29-,30-,31-,32-,33-/m0/s1. The first-order chi connectivity index (χ1) is 30.8. The molecule has 0 saturated heterocycles. The van der Waals surface area contributed by atoms with E-state index in [2.05, 4.69) is 41.9 Å². The van der Waals surface area contributed by atoms with Gasteiger partial charge in [-0.15, -0.1) is 0 Å². The topological polar surface area (TPSA) is 396 Å². The molecule has 65 heavy (non-hydrogen) atoms. The zero-order valence-corrected chi connectivity index (χ0v) is 36.0. The molecule has 2 aromatic carbocycles. The third-order valence-corrected chi connectivity index (χ3v) is 9.91. The lowest BCUT2D eigenvalue weighted by atomic mass is 10.0. The second kappa shape index (κ2) is 25.9. The van der Waals surface area contributed by atoms with Crippen molar-refractivity contribution in [2.45, 2.75) is 94.7 Å². The summed E-state index contributed by atoms with van der Waals surface area (Å²) >= 11 is 0. The highest BCUT2D eigenvalue weighted by atomic mass is 16.4. The Morgan fingerprint density at radius 2 is 1.14 bits per heavy atom. The number of H-pyrrole nitrogens is 1. The van der Waals surface area contributed by atoms with Crippen molar-refractivity contribution >= 4 is 64.2 Å². The summed E-state index contributed by atoms with van der Waals surface area (Å²) in [7, 11) is 0. The van der Waals surface area contributed by atoms with Crippen LogP contribution in [0.2, 0.25) is 0 Å².